The van der Waals surface area contributed by atoms with Gasteiger partial charge in [-0.3, -0.25) is 0 Å². The summed E-state index contributed by atoms with van der Waals surface area (Å²) in [6, 6.07) is 6.36. The van der Waals surface area contributed by atoms with Gasteiger partial charge in [0.2, 0.25) is 0 Å². The van der Waals surface area contributed by atoms with Crippen LogP contribution in [0.4, 0.5) is 4.39 Å². The Labute approximate surface area is 198 Å². The van der Waals surface area contributed by atoms with Crippen LogP contribution in [0.1, 0.15) is 134 Å². The molecule has 1 aromatic carbocycles. The standard InChI is InChI=1S/C31H49F/c1-3-5-7-12-16-28-21-22-29(24-31(28)32)30(23-26-14-10-8-11-15-26)27-19-17-25(18-20-27)13-9-6-4-2/h8,10,21-22,24-27,30H,3-7,9,11-20,23H2,1-2H3. The van der Waals surface area contributed by atoms with Crippen molar-refractivity contribution in [1.82, 2.24) is 0 Å². The van der Waals surface area contributed by atoms with E-state index in [4.69, 9.17) is 0 Å². The van der Waals surface area contributed by atoms with Crippen LogP contribution in [0.15, 0.2) is 30.4 Å². The van der Waals surface area contributed by atoms with Crippen molar-refractivity contribution in [2.45, 2.75) is 129 Å². The Morgan fingerprint density at radius 1 is 0.844 bits per heavy atom. The summed E-state index contributed by atoms with van der Waals surface area (Å²) in [6.07, 6.45) is 26.5. The van der Waals surface area contributed by atoms with Gasteiger partial charge in [-0.15, -0.1) is 0 Å². The third-order valence-corrected chi connectivity index (χ3v) is 8.45. The SMILES string of the molecule is CCCCCCc1ccc(C(CC2CC=CCC2)C2CCC(CCCCC)CC2)cc1F. The maximum absolute atomic E-state index is 15.1. The molecule has 2 aliphatic carbocycles. The molecule has 0 aromatic heterocycles. The predicted molar refractivity (Wildman–Crippen MR) is 138 cm³/mol. The number of rotatable bonds is 13. The quantitative estimate of drug-likeness (QED) is 0.211. The lowest BCUT2D eigenvalue weighted by Gasteiger charge is -2.36. The van der Waals surface area contributed by atoms with E-state index in [0.29, 0.717) is 5.92 Å². The zero-order valence-corrected chi connectivity index (χ0v) is 21.1. The molecule has 0 N–H and O–H groups in total. The highest BCUT2D eigenvalue weighted by atomic mass is 19.1. The van der Waals surface area contributed by atoms with Crippen molar-refractivity contribution in [3.63, 3.8) is 0 Å². The summed E-state index contributed by atoms with van der Waals surface area (Å²) < 4.78 is 15.1. The van der Waals surface area contributed by atoms with Crippen molar-refractivity contribution in [3.8, 4) is 0 Å². The first-order valence-corrected chi connectivity index (χ1v) is 14.1. The van der Waals surface area contributed by atoms with Crippen LogP contribution in [0.2, 0.25) is 0 Å². The van der Waals surface area contributed by atoms with E-state index in [2.05, 4.69) is 38.1 Å². The van der Waals surface area contributed by atoms with Gasteiger partial charge in [-0.05, 0) is 92.2 Å². The Bertz CT molecular complexity index is 667. The van der Waals surface area contributed by atoms with Gasteiger partial charge < -0.3 is 0 Å². The molecule has 1 fully saturated rings. The lowest BCUT2D eigenvalue weighted by molar-refractivity contribution is 0.209. The van der Waals surface area contributed by atoms with Gasteiger partial charge in [0.25, 0.3) is 0 Å². The van der Waals surface area contributed by atoms with Crippen molar-refractivity contribution >= 4 is 0 Å². The Morgan fingerprint density at radius 2 is 1.62 bits per heavy atom. The van der Waals surface area contributed by atoms with Gasteiger partial charge in [0.1, 0.15) is 5.82 Å². The maximum atomic E-state index is 15.1. The predicted octanol–water partition coefficient (Wildman–Crippen LogP) is 10.2. The monoisotopic (exact) mass is 440 g/mol. The number of unbranched alkanes of at least 4 members (excludes halogenated alkanes) is 5. The second-order valence-electron chi connectivity index (χ2n) is 10.9. The summed E-state index contributed by atoms with van der Waals surface area (Å²) in [6.45, 7) is 4.54. The van der Waals surface area contributed by atoms with Gasteiger partial charge in [0, 0.05) is 0 Å². The molecule has 0 spiro atoms. The average Bonchev–Trinajstić information content (AvgIpc) is 2.82. The summed E-state index contributed by atoms with van der Waals surface area (Å²) in [4.78, 5) is 0. The summed E-state index contributed by atoms with van der Waals surface area (Å²) in [5, 5.41) is 0. The van der Waals surface area contributed by atoms with Crippen LogP contribution in [-0.4, -0.2) is 0 Å². The molecule has 2 aliphatic rings. The van der Waals surface area contributed by atoms with Crippen molar-refractivity contribution in [1.29, 1.82) is 0 Å². The van der Waals surface area contributed by atoms with Crippen LogP contribution in [-0.2, 0) is 6.42 Å². The van der Waals surface area contributed by atoms with Gasteiger partial charge in [0.05, 0.1) is 0 Å². The molecule has 1 heteroatoms. The molecule has 3 rings (SSSR count). The zero-order chi connectivity index (χ0) is 22.6. The molecule has 0 radical (unpaired) electrons. The highest BCUT2D eigenvalue weighted by Gasteiger charge is 2.30. The topological polar surface area (TPSA) is 0 Å². The van der Waals surface area contributed by atoms with E-state index >= 15 is 4.39 Å². The van der Waals surface area contributed by atoms with Gasteiger partial charge in [0.15, 0.2) is 0 Å². The number of aryl methyl sites for hydroxylation is 1. The molecule has 180 valence electrons. The zero-order valence-electron chi connectivity index (χ0n) is 21.1. The van der Waals surface area contributed by atoms with Crippen LogP contribution in [0.25, 0.3) is 0 Å². The molecule has 2 atom stereocenters. The average molecular weight is 441 g/mol. The summed E-state index contributed by atoms with van der Waals surface area (Å²) in [5.74, 6) is 3.08. The second kappa shape index (κ2) is 14.2. The Balaban J connectivity index is 1.65. The van der Waals surface area contributed by atoms with Gasteiger partial charge >= 0.3 is 0 Å². The number of hydrogen-bond acceptors (Lipinski definition) is 0. The maximum Gasteiger partial charge on any atom is 0.126 e. The highest BCUT2D eigenvalue weighted by Crippen LogP contribution is 2.44. The van der Waals surface area contributed by atoms with E-state index in [-0.39, 0.29) is 5.82 Å². The minimum atomic E-state index is 0.0563. The highest BCUT2D eigenvalue weighted by molar-refractivity contribution is 5.28. The van der Waals surface area contributed by atoms with Crippen molar-refractivity contribution in [2.75, 3.05) is 0 Å². The van der Waals surface area contributed by atoms with Crippen LogP contribution < -0.4 is 0 Å². The molecule has 0 bridgehead atoms. The summed E-state index contributed by atoms with van der Waals surface area (Å²) >= 11 is 0. The van der Waals surface area contributed by atoms with Gasteiger partial charge in [-0.25, -0.2) is 4.39 Å². The Hall–Kier alpha value is -1.11. The lowest BCUT2D eigenvalue weighted by Crippen LogP contribution is -2.23. The molecule has 0 nitrogen and oxygen atoms in total. The first-order valence-electron chi connectivity index (χ1n) is 14.1. The largest absolute Gasteiger partial charge is 0.207 e. The van der Waals surface area contributed by atoms with Crippen molar-refractivity contribution in [2.24, 2.45) is 17.8 Å². The third-order valence-electron chi connectivity index (χ3n) is 8.45. The fourth-order valence-corrected chi connectivity index (χ4v) is 6.33. The van der Waals surface area contributed by atoms with E-state index in [0.717, 1.165) is 36.2 Å². The fourth-order valence-electron chi connectivity index (χ4n) is 6.33. The normalized spacial score (nSPS) is 24.5. The first-order chi connectivity index (χ1) is 15.7. The molecule has 0 aliphatic heterocycles. The lowest BCUT2D eigenvalue weighted by atomic mass is 9.69. The van der Waals surface area contributed by atoms with E-state index in [9.17, 15) is 0 Å². The number of halogens is 1. The Morgan fingerprint density at radius 3 is 2.31 bits per heavy atom. The molecule has 0 heterocycles. The summed E-state index contributed by atoms with van der Waals surface area (Å²) in [5.41, 5.74) is 2.23. The minimum Gasteiger partial charge on any atom is -0.207 e. The van der Waals surface area contributed by atoms with Crippen molar-refractivity contribution < 1.29 is 4.39 Å². The minimum absolute atomic E-state index is 0.0563. The summed E-state index contributed by atoms with van der Waals surface area (Å²) in [7, 11) is 0. The number of hydrogen-bond donors (Lipinski definition) is 0. The molecule has 32 heavy (non-hydrogen) atoms. The molecule has 1 saturated carbocycles. The van der Waals surface area contributed by atoms with Gasteiger partial charge in [-0.2, -0.15) is 0 Å². The van der Waals surface area contributed by atoms with E-state index in [1.54, 1.807) is 0 Å². The van der Waals surface area contributed by atoms with Crippen LogP contribution in [0.5, 0.6) is 0 Å². The van der Waals surface area contributed by atoms with Crippen molar-refractivity contribution in [3.05, 3.63) is 47.3 Å². The molecular formula is C31H49F. The fraction of sp³-hybridized carbons (Fsp3) is 0.742. The number of allylic oxidation sites excluding steroid dienone is 2. The number of benzene rings is 1. The van der Waals surface area contributed by atoms with E-state index < -0.39 is 0 Å². The Kier molecular flexibility index (Phi) is 11.3. The van der Waals surface area contributed by atoms with Crippen LogP contribution >= 0.6 is 0 Å². The first kappa shape index (κ1) is 25.5. The molecule has 0 amide bonds. The molecule has 0 saturated heterocycles. The van der Waals surface area contributed by atoms with Crippen LogP contribution in [0, 0.1) is 23.6 Å². The molecule has 1 aromatic rings. The van der Waals surface area contributed by atoms with Crippen LogP contribution in [0.3, 0.4) is 0 Å². The smallest absolute Gasteiger partial charge is 0.126 e. The molecule has 2 unspecified atom stereocenters. The molecular weight excluding hydrogens is 391 g/mol. The second-order valence-corrected chi connectivity index (χ2v) is 10.9. The van der Waals surface area contributed by atoms with E-state index in [1.165, 1.54) is 102 Å². The third kappa shape index (κ3) is 8.03. The van der Waals surface area contributed by atoms with E-state index in [1.807, 2.05) is 6.07 Å². The van der Waals surface area contributed by atoms with Gasteiger partial charge in [-0.1, -0.05) is 95.9 Å².